The number of nitrogens with one attached hydrogen (secondary N) is 2. The number of likely N-dealkylation sites (N-methyl/N-ethyl adjacent to an activating group) is 1. The fourth-order valence-corrected chi connectivity index (χ4v) is 3.81. The van der Waals surface area contributed by atoms with Gasteiger partial charge in [0.05, 0.1) is 12.0 Å². The molecule has 0 aliphatic carbocycles. The maximum Gasteiger partial charge on any atom is 0.173 e. The van der Waals surface area contributed by atoms with E-state index < -0.39 is 0 Å². The Labute approximate surface area is 189 Å². The first kappa shape index (κ1) is 21.9. The first-order valence-corrected chi connectivity index (χ1v) is 11.2. The lowest BCUT2D eigenvalue weighted by atomic mass is 10.1. The monoisotopic (exact) mass is 436 g/mol. The van der Waals surface area contributed by atoms with Crippen molar-refractivity contribution in [3.63, 3.8) is 0 Å². The van der Waals surface area contributed by atoms with Crippen LogP contribution in [-0.2, 0) is 0 Å². The zero-order chi connectivity index (χ0) is 22.5. The molecular weight excluding hydrogens is 404 g/mol. The number of allylic oxidation sites excluding steroid dienone is 1. The van der Waals surface area contributed by atoms with Gasteiger partial charge in [0.25, 0.3) is 0 Å². The maximum atomic E-state index is 6.24. The van der Waals surface area contributed by atoms with E-state index >= 15 is 0 Å². The van der Waals surface area contributed by atoms with Crippen LogP contribution < -0.4 is 20.1 Å². The highest BCUT2D eigenvalue weighted by Crippen LogP contribution is 2.33. The van der Waals surface area contributed by atoms with Crippen LogP contribution in [-0.4, -0.2) is 49.2 Å². The molecule has 0 fully saturated rings. The van der Waals surface area contributed by atoms with E-state index in [1.54, 1.807) is 6.26 Å². The Bertz CT molecular complexity index is 996. The van der Waals surface area contributed by atoms with Gasteiger partial charge in [-0.05, 0) is 56.7 Å². The van der Waals surface area contributed by atoms with Crippen LogP contribution in [0.3, 0.4) is 0 Å². The molecule has 2 aromatic rings. The Hall–Kier alpha value is -3.35. The first-order valence-electron chi connectivity index (χ1n) is 11.2. The van der Waals surface area contributed by atoms with Crippen molar-refractivity contribution in [3.05, 3.63) is 66.3 Å². The van der Waals surface area contributed by atoms with Gasteiger partial charge in [0.2, 0.25) is 0 Å². The Kier molecular flexibility index (Phi) is 6.73. The molecule has 0 saturated carbocycles. The normalized spacial score (nSPS) is 21.5. The van der Waals surface area contributed by atoms with Gasteiger partial charge in [0, 0.05) is 25.3 Å². The molecule has 170 valence electrons. The van der Waals surface area contributed by atoms with E-state index in [1.165, 1.54) is 0 Å². The summed E-state index contributed by atoms with van der Waals surface area (Å²) in [6.07, 6.45) is 6.53. The molecule has 0 radical (unpaired) electrons. The molecule has 0 amide bonds. The van der Waals surface area contributed by atoms with E-state index in [0.29, 0.717) is 6.61 Å². The number of benzene rings is 1. The molecule has 2 N–H and O–H groups in total. The molecule has 0 spiro atoms. The molecule has 2 aliphatic rings. The summed E-state index contributed by atoms with van der Waals surface area (Å²) in [6, 6.07) is 11.7. The third kappa shape index (κ3) is 4.93. The molecule has 3 atom stereocenters. The van der Waals surface area contributed by atoms with Crippen molar-refractivity contribution in [3.8, 4) is 11.5 Å². The SMILES string of the molecule is CCCN/C(=C\C(C)NC1=NC(C2COc3ccccc3O2)N(C)C(C)=C1)c1ccco1. The molecule has 1 aromatic carbocycles. The fraction of sp³-hybridized carbons (Fsp3) is 0.400. The van der Waals surface area contributed by atoms with Crippen LogP contribution in [0.1, 0.15) is 33.0 Å². The highest BCUT2D eigenvalue weighted by molar-refractivity contribution is 5.94. The van der Waals surface area contributed by atoms with E-state index in [2.05, 4.69) is 48.5 Å². The lowest BCUT2D eigenvalue weighted by Crippen LogP contribution is -2.50. The van der Waals surface area contributed by atoms with Crippen molar-refractivity contribution < 1.29 is 13.9 Å². The third-order valence-electron chi connectivity index (χ3n) is 5.58. The topological polar surface area (TPSA) is 71.3 Å². The van der Waals surface area contributed by atoms with Crippen LogP contribution in [0.15, 0.2) is 69.9 Å². The summed E-state index contributed by atoms with van der Waals surface area (Å²) in [6.45, 7) is 7.66. The highest BCUT2D eigenvalue weighted by atomic mass is 16.6. The van der Waals surface area contributed by atoms with Crippen molar-refractivity contribution in [1.82, 2.24) is 15.5 Å². The van der Waals surface area contributed by atoms with Gasteiger partial charge in [0.15, 0.2) is 23.8 Å². The number of rotatable bonds is 7. The molecule has 4 rings (SSSR count). The number of aliphatic imine (C=N–C) groups is 1. The molecule has 7 nitrogen and oxygen atoms in total. The molecule has 3 heterocycles. The quantitative estimate of drug-likeness (QED) is 0.683. The maximum absolute atomic E-state index is 6.24. The summed E-state index contributed by atoms with van der Waals surface area (Å²) in [7, 11) is 2.04. The molecule has 32 heavy (non-hydrogen) atoms. The van der Waals surface area contributed by atoms with Gasteiger partial charge in [-0.2, -0.15) is 0 Å². The first-order chi connectivity index (χ1) is 15.5. The second-order valence-corrected chi connectivity index (χ2v) is 8.16. The van der Waals surface area contributed by atoms with Gasteiger partial charge < -0.3 is 29.4 Å². The van der Waals surface area contributed by atoms with Crippen molar-refractivity contribution in [2.45, 2.75) is 45.5 Å². The number of hydrogen-bond donors (Lipinski definition) is 2. The van der Waals surface area contributed by atoms with Crippen LogP contribution in [0.5, 0.6) is 11.5 Å². The number of hydrogen-bond acceptors (Lipinski definition) is 7. The number of para-hydroxylation sites is 2. The second-order valence-electron chi connectivity index (χ2n) is 8.16. The van der Waals surface area contributed by atoms with E-state index in [0.717, 1.165) is 47.5 Å². The second kappa shape index (κ2) is 9.85. The fourth-order valence-electron chi connectivity index (χ4n) is 3.81. The van der Waals surface area contributed by atoms with Gasteiger partial charge in [-0.1, -0.05) is 19.1 Å². The van der Waals surface area contributed by atoms with E-state index in [4.69, 9.17) is 18.9 Å². The lowest BCUT2D eigenvalue weighted by Gasteiger charge is -2.38. The Balaban J connectivity index is 1.50. The third-order valence-corrected chi connectivity index (χ3v) is 5.58. The number of amidine groups is 1. The molecule has 3 unspecified atom stereocenters. The summed E-state index contributed by atoms with van der Waals surface area (Å²) < 4.78 is 17.8. The van der Waals surface area contributed by atoms with E-state index in [9.17, 15) is 0 Å². The minimum Gasteiger partial charge on any atom is -0.486 e. The van der Waals surface area contributed by atoms with Gasteiger partial charge in [-0.15, -0.1) is 0 Å². The summed E-state index contributed by atoms with van der Waals surface area (Å²) >= 11 is 0. The summed E-state index contributed by atoms with van der Waals surface area (Å²) in [5, 5.41) is 6.97. The van der Waals surface area contributed by atoms with Crippen molar-refractivity contribution in [1.29, 1.82) is 0 Å². The zero-order valence-electron chi connectivity index (χ0n) is 19.2. The largest absolute Gasteiger partial charge is 0.486 e. The summed E-state index contributed by atoms with van der Waals surface area (Å²) in [5.74, 6) is 3.19. The van der Waals surface area contributed by atoms with Gasteiger partial charge in [-0.3, -0.25) is 0 Å². The average Bonchev–Trinajstić information content (AvgIpc) is 3.33. The molecule has 0 saturated heterocycles. The Morgan fingerprint density at radius 3 is 2.81 bits per heavy atom. The molecule has 7 heteroatoms. The predicted octanol–water partition coefficient (Wildman–Crippen LogP) is 4.01. The Morgan fingerprint density at radius 2 is 2.06 bits per heavy atom. The average molecular weight is 437 g/mol. The molecule has 2 aliphatic heterocycles. The number of furan rings is 1. The van der Waals surface area contributed by atoms with Crippen LogP contribution in [0, 0.1) is 0 Å². The van der Waals surface area contributed by atoms with Crippen LogP contribution in [0.4, 0.5) is 0 Å². The zero-order valence-corrected chi connectivity index (χ0v) is 19.2. The van der Waals surface area contributed by atoms with Gasteiger partial charge in [-0.25, -0.2) is 4.99 Å². The lowest BCUT2D eigenvalue weighted by molar-refractivity contribution is 0.0348. The highest BCUT2D eigenvalue weighted by Gasteiger charge is 2.34. The van der Waals surface area contributed by atoms with Crippen molar-refractivity contribution >= 4 is 11.5 Å². The molecule has 0 bridgehead atoms. The van der Waals surface area contributed by atoms with Crippen molar-refractivity contribution in [2.75, 3.05) is 20.2 Å². The summed E-state index contributed by atoms with van der Waals surface area (Å²) in [4.78, 5) is 7.09. The van der Waals surface area contributed by atoms with E-state index in [-0.39, 0.29) is 18.3 Å². The summed E-state index contributed by atoms with van der Waals surface area (Å²) in [5.41, 5.74) is 2.09. The smallest absolute Gasteiger partial charge is 0.173 e. The van der Waals surface area contributed by atoms with Gasteiger partial charge >= 0.3 is 0 Å². The van der Waals surface area contributed by atoms with Crippen LogP contribution >= 0.6 is 0 Å². The number of nitrogens with zero attached hydrogens (tertiary/aromatic N) is 2. The standard InChI is InChI=1S/C25H32N4O3/c1-5-12-26-19(20-11-8-13-30-20)14-17(2)27-24-15-18(3)29(4)25(28-24)23-16-31-21-9-6-7-10-22(21)32-23/h6-11,13-15,17,23,25-26H,5,12,16H2,1-4H3,(H,27,28)/b19-14-. The Morgan fingerprint density at radius 1 is 1.25 bits per heavy atom. The van der Waals surface area contributed by atoms with Crippen molar-refractivity contribution in [2.24, 2.45) is 4.99 Å². The van der Waals surface area contributed by atoms with Gasteiger partial charge in [0.1, 0.15) is 18.2 Å². The minimum absolute atomic E-state index is 0.0376. The minimum atomic E-state index is -0.203. The van der Waals surface area contributed by atoms with Crippen LogP contribution in [0.25, 0.3) is 5.70 Å². The van der Waals surface area contributed by atoms with Crippen LogP contribution in [0.2, 0.25) is 0 Å². The number of fused-ring (bicyclic) bond motifs is 1. The number of ether oxygens (including phenoxy) is 2. The van der Waals surface area contributed by atoms with E-state index in [1.807, 2.05) is 43.4 Å². The predicted molar refractivity (Wildman–Crippen MR) is 127 cm³/mol. The molecule has 1 aromatic heterocycles. The molecular formula is C25H32N4O3.